The summed E-state index contributed by atoms with van der Waals surface area (Å²) in [7, 11) is 0. The van der Waals surface area contributed by atoms with Crippen LogP contribution in [0.3, 0.4) is 0 Å². The van der Waals surface area contributed by atoms with Crippen molar-refractivity contribution in [2.45, 2.75) is 18.3 Å². The van der Waals surface area contributed by atoms with Gasteiger partial charge in [0.15, 0.2) is 0 Å². The Morgan fingerprint density at radius 1 is 0.591 bits per heavy atom. The van der Waals surface area contributed by atoms with E-state index < -0.39 is 5.41 Å². The molecule has 208 valence electrons. The van der Waals surface area contributed by atoms with Gasteiger partial charge in [-0.3, -0.25) is 0 Å². The molecule has 0 saturated carbocycles. The zero-order valence-electron chi connectivity index (χ0n) is 24.7. The fourth-order valence-corrected chi connectivity index (χ4v) is 7.38. The number of aryl methyl sites for hydroxylation is 1. The van der Waals surface area contributed by atoms with E-state index in [1.54, 1.807) is 0 Å². The van der Waals surface area contributed by atoms with E-state index in [1.807, 2.05) is 0 Å². The maximum absolute atomic E-state index is 3.74. The van der Waals surface area contributed by atoms with Gasteiger partial charge in [0.2, 0.25) is 0 Å². The first-order valence-electron chi connectivity index (χ1n) is 15.4. The van der Waals surface area contributed by atoms with Crippen molar-refractivity contribution in [3.63, 3.8) is 0 Å². The molecule has 0 aromatic heterocycles. The molecule has 2 unspecified atom stereocenters. The molecular weight excluding hydrogens is 528 g/mol. The molecule has 44 heavy (non-hydrogen) atoms. The molecule has 0 fully saturated rings. The number of hydrogen-bond acceptors (Lipinski definition) is 0. The summed E-state index contributed by atoms with van der Waals surface area (Å²) in [6.45, 7) is 2.16. The molecule has 2 atom stereocenters. The first-order chi connectivity index (χ1) is 21.7. The van der Waals surface area contributed by atoms with Crippen molar-refractivity contribution in [1.29, 1.82) is 0 Å². The van der Waals surface area contributed by atoms with Gasteiger partial charge >= 0.3 is 0 Å². The average molecular weight is 561 g/mol. The second-order valence-corrected chi connectivity index (χ2v) is 11.9. The minimum absolute atomic E-state index is 0.0447. The molecule has 5 aromatic carbocycles. The quantitative estimate of drug-likeness (QED) is 0.188. The summed E-state index contributed by atoms with van der Waals surface area (Å²) in [5.41, 5.74) is 13.5. The van der Waals surface area contributed by atoms with Gasteiger partial charge < -0.3 is 0 Å². The predicted octanol–water partition coefficient (Wildman–Crippen LogP) is 10.2. The molecule has 5 aromatic rings. The molecule has 0 amide bonds. The predicted molar refractivity (Wildman–Crippen MR) is 183 cm³/mol. The fourth-order valence-electron chi connectivity index (χ4n) is 7.38. The van der Waals surface area contributed by atoms with Gasteiger partial charge in [-0.1, -0.05) is 175 Å². The highest BCUT2D eigenvalue weighted by Gasteiger charge is 2.46. The van der Waals surface area contributed by atoms with Crippen molar-refractivity contribution in [2.75, 3.05) is 0 Å². The summed E-state index contributed by atoms with van der Waals surface area (Å²) in [5.74, 6) is 7.44. The van der Waals surface area contributed by atoms with Gasteiger partial charge in [-0.05, 0) is 68.6 Å². The first kappa shape index (κ1) is 26.3. The molecule has 0 bridgehead atoms. The smallest absolute Gasteiger partial charge is 0.0713 e. The van der Waals surface area contributed by atoms with Gasteiger partial charge in [-0.15, -0.1) is 0 Å². The number of hydrogen-bond donors (Lipinski definition) is 0. The number of allylic oxidation sites excluding steroid dienone is 8. The Kier molecular flexibility index (Phi) is 6.40. The van der Waals surface area contributed by atoms with Crippen LogP contribution in [0, 0.1) is 24.7 Å². The molecule has 0 saturated heterocycles. The monoisotopic (exact) mass is 560 g/mol. The van der Waals surface area contributed by atoms with Gasteiger partial charge in [0.1, 0.15) is 0 Å². The first-order valence-corrected chi connectivity index (χ1v) is 15.4. The zero-order valence-corrected chi connectivity index (χ0v) is 24.7. The summed E-state index contributed by atoms with van der Waals surface area (Å²) < 4.78 is 0. The third kappa shape index (κ3) is 4.16. The van der Waals surface area contributed by atoms with Crippen LogP contribution in [-0.2, 0) is 5.41 Å². The van der Waals surface area contributed by atoms with Crippen molar-refractivity contribution in [3.8, 4) is 23.0 Å². The largest absolute Gasteiger partial charge is 0.0899 e. The molecule has 0 radical (unpaired) electrons. The van der Waals surface area contributed by atoms with Crippen LogP contribution in [0.25, 0.3) is 16.7 Å². The lowest BCUT2D eigenvalue weighted by molar-refractivity contribution is 0.768. The average Bonchev–Trinajstić information content (AvgIpc) is 3.36. The molecular formula is C44H32. The minimum atomic E-state index is -0.433. The molecule has 8 rings (SSSR count). The fraction of sp³-hybridized carbons (Fsp3) is 0.0909. The van der Waals surface area contributed by atoms with Gasteiger partial charge in [-0.25, -0.2) is 0 Å². The Hall–Kier alpha value is -5.38. The molecule has 0 nitrogen and oxygen atoms in total. The van der Waals surface area contributed by atoms with E-state index >= 15 is 0 Å². The van der Waals surface area contributed by atoms with Crippen LogP contribution < -0.4 is 0 Å². The lowest BCUT2D eigenvalue weighted by Crippen LogP contribution is -2.28. The van der Waals surface area contributed by atoms with Gasteiger partial charge in [0, 0.05) is 0 Å². The normalized spacial score (nSPS) is 21.2. The van der Waals surface area contributed by atoms with E-state index in [0.717, 1.165) is 0 Å². The third-order valence-electron chi connectivity index (χ3n) is 9.38. The maximum Gasteiger partial charge on any atom is 0.0713 e. The van der Waals surface area contributed by atoms with Crippen molar-refractivity contribution in [2.24, 2.45) is 5.92 Å². The second kappa shape index (κ2) is 10.7. The molecule has 3 aliphatic rings. The lowest BCUT2D eigenvalue weighted by atomic mass is 9.67. The van der Waals surface area contributed by atoms with E-state index in [0.29, 0.717) is 0 Å². The number of rotatable bonds is 4. The van der Waals surface area contributed by atoms with Crippen molar-refractivity contribution in [3.05, 3.63) is 208 Å². The molecule has 0 heterocycles. The van der Waals surface area contributed by atoms with E-state index in [-0.39, 0.29) is 11.8 Å². The van der Waals surface area contributed by atoms with Gasteiger partial charge in [-0.2, -0.15) is 0 Å². The highest BCUT2D eigenvalue weighted by atomic mass is 14.5. The molecule has 0 aliphatic heterocycles. The maximum atomic E-state index is 3.74. The second-order valence-electron chi connectivity index (χ2n) is 11.9. The van der Waals surface area contributed by atoms with Crippen LogP contribution in [0.15, 0.2) is 169 Å². The Labute approximate surface area is 260 Å². The molecule has 0 spiro atoms. The summed E-state index contributed by atoms with van der Waals surface area (Å²) in [5, 5.41) is 0. The number of fused-ring (bicyclic) bond motifs is 4. The molecule has 0 heteroatoms. The summed E-state index contributed by atoms with van der Waals surface area (Å²) >= 11 is 0. The van der Waals surface area contributed by atoms with Crippen LogP contribution >= 0.6 is 0 Å². The van der Waals surface area contributed by atoms with Crippen molar-refractivity contribution < 1.29 is 0 Å². The van der Waals surface area contributed by atoms with Crippen LogP contribution in [0.2, 0.25) is 0 Å². The number of benzene rings is 5. The van der Waals surface area contributed by atoms with Crippen LogP contribution in [-0.4, -0.2) is 0 Å². The summed E-state index contributed by atoms with van der Waals surface area (Å²) in [4.78, 5) is 0. The van der Waals surface area contributed by atoms with E-state index in [9.17, 15) is 0 Å². The Balaban J connectivity index is 1.40. The molecule has 3 aliphatic carbocycles. The molecule has 0 N–H and O–H groups in total. The van der Waals surface area contributed by atoms with E-state index in [1.165, 1.54) is 61.2 Å². The minimum Gasteiger partial charge on any atom is -0.0899 e. The van der Waals surface area contributed by atoms with Crippen LogP contribution in [0.5, 0.6) is 0 Å². The standard InChI is InChI=1S/C44H32/c1-31-13-12-16-34(29-31)38-26-23-32-14-8-9-15-33(32)24-27-39(38)35-25-28-41-40-21-10-11-22-42(40)44(43(41)30-35,36-17-4-2-5-18-36)37-19-6-3-7-20-37/h2-22,24-25,27-30,32,38H,1H3/b33-24-,39-27-. The van der Waals surface area contributed by atoms with Gasteiger partial charge in [0.05, 0.1) is 17.3 Å². The van der Waals surface area contributed by atoms with E-state index in [4.69, 9.17) is 0 Å². The highest BCUT2D eigenvalue weighted by Crippen LogP contribution is 2.56. The Morgan fingerprint density at radius 3 is 2.09 bits per heavy atom. The van der Waals surface area contributed by atoms with Crippen LogP contribution in [0.4, 0.5) is 0 Å². The summed E-state index contributed by atoms with van der Waals surface area (Å²) in [6.07, 6.45) is 13.2. The van der Waals surface area contributed by atoms with E-state index in [2.05, 4.69) is 183 Å². The third-order valence-corrected chi connectivity index (χ3v) is 9.38. The SMILES string of the molecule is Cc1cccc(C2C#CC3C=CC=C/C3=C/C=C\2c2ccc3c(c2)C(c2ccccc2)(c2ccccc2)c2ccccc2-3)c1. The zero-order chi connectivity index (χ0) is 29.5. The Morgan fingerprint density at radius 2 is 1.32 bits per heavy atom. The highest BCUT2D eigenvalue weighted by molar-refractivity contribution is 5.89. The van der Waals surface area contributed by atoms with Gasteiger partial charge in [0.25, 0.3) is 0 Å². The van der Waals surface area contributed by atoms with Crippen LogP contribution in [0.1, 0.15) is 44.9 Å². The van der Waals surface area contributed by atoms with Crippen molar-refractivity contribution >= 4 is 5.57 Å². The Bertz CT molecular complexity index is 2030. The lowest BCUT2D eigenvalue weighted by Gasteiger charge is -2.34. The summed E-state index contributed by atoms with van der Waals surface area (Å²) in [6, 6.07) is 46.9. The van der Waals surface area contributed by atoms with Crippen molar-refractivity contribution in [1.82, 2.24) is 0 Å². The topological polar surface area (TPSA) is 0 Å².